The van der Waals surface area contributed by atoms with Gasteiger partial charge in [0.1, 0.15) is 18.0 Å². The fourth-order valence-electron chi connectivity index (χ4n) is 2.20. The fourth-order valence-corrected chi connectivity index (χ4v) is 2.20. The first-order chi connectivity index (χ1) is 12.5. The number of hydrogen-bond donors (Lipinski definition) is 3. The van der Waals surface area contributed by atoms with Crippen LogP contribution in [-0.4, -0.2) is 56.8 Å². The van der Waals surface area contributed by atoms with Crippen molar-refractivity contribution in [1.29, 1.82) is 0 Å². The van der Waals surface area contributed by atoms with Gasteiger partial charge in [0.2, 0.25) is 11.9 Å². The molecule has 3 rings (SSSR count). The number of likely N-dealkylation sites (N-methyl/N-ethyl adjacent to an activating group) is 1. The Kier molecular flexibility index (Phi) is 5.23. The van der Waals surface area contributed by atoms with E-state index in [-0.39, 0.29) is 17.6 Å². The van der Waals surface area contributed by atoms with Crippen molar-refractivity contribution >= 4 is 23.4 Å². The molecule has 0 unspecified atom stereocenters. The second kappa shape index (κ2) is 7.74. The second-order valence-corrected chi connectivity index (χ2v) is 5.80. The van der Waals surface area contributed by atoms with E-state index in [0.29, 0.717) is 11.6 Å². The quantitative estimate of drug-likeness (QED) is 0.583. The molecule has 0 fully saturated rings. The van der Waals surface area contributed by atoms with Gasteiger partial charge < -0.3 is 21.3 Å². The summed E-state index contributed by atoms with van der Waals surface area (Å²) in [5.74, 6) is 1.00. The van der Waals surface area contributed by atoms with Gasteiger partial charge >= 0.3 is 0 Å². The van der Waals surface area contributed by atoms with Crippen LogP contribution < -0.4 is 16.4 Å². The monoisotopic (exact) mass is 357 g/mol. The van der Waals surface area contributed by atoms with Crippen LogP contribution in [0, 0.1) is 5.82 Å². The van der Waals surface area contributed by atoms with Gasteiger partial charge in [-0.3, -0.25) is 0 Å². The summed E-state index contributed by atoms with van der Waals surface area (Å²) in [6, 6.07) is 7.96. The normalized spacial score (nSPS) is 10.9. The Morgan fingerprint density at radius 2 is 2.04 bits per heavy atom. The lowest BCUT2D eigenvalue weighted by atomic mass is 10.3. The third kappa shape index (κ3) is 4.22. The Labute approximate surface area is 150 Å². The molecule has 0 atom stereocenters. The molecular formula is C16H20FN9. The average Bonchev–Trinajstić information content (AvgIpc) is 2.97. The minimum Gasteiger partial charge on any atom is -0.369 e. The zero-order chi connectivity index (χ0) is 18.5. The van der Waals surface area contributed by atoms with Crippen molar-refractivity contribution in [3.63, 3.8) is 0 Å². The molecule has 0 bridgehead atoms. The van der Waals surface area contributed by atoms with Crippen molar-refractivity contribution in [2.45, 2.75) is 0 Å². The number of anilines is 4. The third-order valence-corrected chi connectivity index (χ3v) is 3.49. The van der Waals surface area contributed by atoms with E-state index in [9.17, 15) is 4.39 Å². The zero-order valence-corrected chi connectivity index (χ0v) is 14.5. The van der Waals surface area contributed by atoms with Crippen LogP contribution in [0.25, 0.3) is 5.82 Å². The topological polar surface area (TPSA) is 110 Å². The average molecular weight is 357 g/mol. The summed E-state index contributed by atoms with van der Waals surface area (Å²) >= 11 is 0. The van der Waals surface area contributed by atoms with E-state index in [2.05, 4.69) is 35.6 Å². The van der Waals surface area contributed by atoms with Crippen LogP contribution >= 0.6 is 0 Å². The molecule has 0 saturated carbocycles. The molecule has 0 saturated heterocycles. The Balaban J connectivity index is 1.77. The van der Waals surface area contributed by atoms with Gasteiger partial charge in [0.15, 0.2) is 5.82 Å². The molecule has 2 heterocycles. The molecule has 136 valence electrons. The predicted molar refractivity (Wildman–Crippen MR) is 98.1 cm³/mol. The van der Waals surface area contributed by atoms with E-state index >= 15 is 0 Å². The summed E-state index contributed by atoms with van der Waals surface area (Å²) in [6.45, 7) is 1.60. The molecule has 0 aliphatic heterocycles. The fraction of sp³-hybridized carbons (Fsp3) is 0.250. The largest absolute Gasteiger partial charge is 0.369 e. The molecular weight excluding hydrogens is 337 g/mol. The van der Waals surface area contributed by atoms with Gasteiger partial charge in [0.25, 0.3) is 0 Å². The standard InChI is InChI=1S/C16H20FN9/c1-25(2)8-7-19-13-9-14(21-10-20-13)26-15(18)23-16(24-26)22-12-6-4-3-5-11(12)17/h3-6,9-10H,7-8H2,1-2H3,(H,19,20,21)(H3,18,22,23,24). The first kappa shape index (κ1) is 17.5. The van der Waals surface area contributed by atoms with Crippen molar-refractivity contribution < 1.29 is 4.39 Å². The maximum absolute atomic E-state index is 13.7. The number of hydrogen-bond acceptors (Lipinski definition) is 8. The number of benzene rings is 1. The van der Waals surface area contributed by atoms with Crippen molar-refractivity contribution in [2.24, 2.45) is 0 Å². The highest BCUT2D eigenvalue weighted by atomic mass is 19.1. The van der Waals surface area contributed by atoms with Crippen LogP contribution in [0.4, 0.5) is 27.8 Å². The summed E-state index contributed by atoms with van der Waals surface area (Å²) in [6.07, 6.45) is 1.42. The van der Waals surface area contributed by atoms with Gasteiger partial charge in [-0.15, -0.1) is 5.10 Å². The lowest BCUT2D eigenvalue weighted by Crippen LogP contribution is -2.21. The van der Waals surface area contributed by atoms with Crippen molar-refractivity contribution in [3.8, 4) is 5.82 Å². The number of halogens is 1. The van der Waals surface area contributed by atoms with Gasteiger partial charge in [-0.25, -0.2) is 14.4 Å². The molecule has 0 aliphatic carbocycles. The first-order valence-corrected chi connectivity index (χ1v) is 7.98. The number of rotatable bonds is 7. The molecule has 0 radical (unpaired) electrons. The van der Waals surface area contributed by atoms with Gasteiger partial charge in [-0.1, -0.05) is 12.1 Å². The van der Waals surface area contributed by atoms with Gasteiger partial charge in [-0.05, 0) is 26.2 Å². The molecule has 4 N–H and O–H groups in total. The minimum absolute atomic E-state index is 0.127. The predicted octanol–water partition coefficient (Wildman–Crippen LogP) is 1.50. The number of aromatic nitrogens is 5. The molecule has 1 aromatic carbocycles. The van der Waals surface area contributed by atoms with E-state index in [0.717, 1.165) is 13.1 Å². The molecule has 0 spiro atoms. The Morgan fingerprint density at radius 3 is 2.81 bits per heavy atom. The Morgan fingerprint density at radius 1 is 1.23 bits per heavy atom. The maximum Gasteiger partial charge on any atom is 0.248 e. The molecule has 10 heteroatoms. The lowest BCUT2D eigenvalue weighted by molar-refractivity contribution is 0.425. The number of nitrogens with one attached hydrogen (secondary N) is 2. The number of nitrogen functional groups attached to an aromatic ring is 1. The molecule has 2 aromatic heterocycles. The number of nitrogens with two attached hydrogens (primary N) is 1. The van der Waals surface area contributed by atoms with E-state index < -0.39 is 5.82 Å². The highest BCUT2D eigenvalue weighted by molar-refractivity contribution is 5.55. The third-order valence-electron chi connectivity index (χ3n) is 3.49. The van der Waals surface area contributed by atoms with E-state index in [1.54, 1.807) is 24.3 Å². The van der Waals surface area contributed by atoms with Gasteiger partial charge in [-0.2, -0.15) is 9.67 Å². The highest BCUT2D eigenvalue weighted by Gasteiger charge is 2.12. The van der Waals surface area contributed by atoms with Crippen LogP contribution in [0.5, 0.6) is 0 Å². The van der Waals surface area contributed by atoms with Crippen LogP contribution in [-0.2, 0) is 0 Å². The van der Waals surface area contributed by atoms with E-state index in [1.165, 1.54) is 17.1 Å². The van der Waals surface area contributed by atoms with Crippen molar-refractivity contribution in [1.82, 2.24) is 29.6 Å². The van der Waals surface area contributed by atoms with Gasteiger partial charge in [0, 0.05) is 19.2 Å². The van der Waals surface area contributed by atoms with Crippen LogP contribution in [0.15, 0.2) is 36.7 Å². The number of nitrogens with zero attached hydrogens (tertiary/aromatic N) is 6. The Bertz CT molecular complexity index is 878. The minimum atomic E-state index is -0.406. The van der Waals surface area contributed by atoms with Crippen LogP contribution in [0.3, 0.4) is 0 Å². The zero-order valence-electron chi connectivity index (χ0n) is 14.5. The van der Waals surface area contributed by atoms with E-state index in [1.807, 2.05) is 14.1 Å². The first-order valence-electron chi connectivity index (χ1n) is 7.98. The lowest BCUT2D eigenvalue weighted by Gasteiger charge is -2.11. The smallest absolute Gasteiger partial charge is 0.248 e. The van der Waals surface area contributed by atoms with Crippen LogP contribution in [0.1, 0.15) is 0 Å². The second-order valence-electron chi connectivity index (χ2n) is 5.80. The highest BCUT2D eigenvalue weighted by Crippen LogP contribution is 2.19. The summed E-state index contributed by atoms with van der Waals surface area (Å²) < 4.78 is 15.1. The molecule has 9 nitrogen and oxygen atoms in total. The van der Waals surface area contributed by atoms with Gasteiger partial charge in [0.05, 0.1) is 5.69 Å². The Hall–Kier alpha value is -3.27. The summed E-state index contributed by atoms with van der Waals surface area (Å²) in [4.78, 5) is 14.5. The van der Waals surface area contributed by atoms with Crippen molar-refractivity contribution in [2.75, 3.05) is 43.6 Å². The number of para-hydroxylation sites is 1. The summed E-state index contributed by atoms with van der Waals surface area (Å²) in [5.41, 5.74) is 6.19. The summed E-state index contributed by atoms with van der Waals surface area (Å²) in [5, 5.41) is 10.2. The molecule has 0 amide bonds. The van der Waals surface area contributed by atoms with E-state index in [4.69, 9.17) is 5.73 Å². The summed E-state index contributed by atoms with van der Waals surface area (Å²) in [7, 11) is 3.99. The molecule has 26 heavy (non-hydrogen) atoms. The molecule has 3 aromatic rings. The maximum atomic E-state index is 13.7. The molecule has 0 aliphatic rings. The SMILES string of the molecule is CN(C)CCNc1cc(-n2nc(Nc3ccccc3F)nc2N)ncn1. The van der Waals surface area contributed by atoms with Crippen molar-refractivity contribution in [3.05, 3.63) is 42.5 Å². The van der Waals surface area contributed by atoms with Crippen LogP contribution in [0.2, 0.25) is 0 Å².